The number of fused-ring (bicyclic) bond motifs is 1. The minimum atomic E-state index is -1.14. The smallest absolute Gasteiger partial charge is 0.344 e. The van der Waals surface area contributed by atoms with Gasteiger partial charge in [-0.1, -0.05) is 90.5 Å². The highest BCUT2D eigenvalue weighted by molar-refractivity contribution is 6.32. The molecule has 3 aromatic carbocycles. The lowest BCUT2D eigenvalue weighted by atomic mass is 9.99. The second kappa shape index (κ2) is 9.60. The first kappa shape index (κ1) is 22.6. The van der Waals surface area contributed by atoms with Crippen LogP contribution in [0.5, 0.6) is 0 Å². The van der Waals surface area contributed by atoms with Crippen LogP contribution in [0, 0.1) is 6.92 Å². The molecule has 1 N–H and O–H groups in total. The van der Waals surface area contributed by atoms with Gasteiger partial charge in [-0.3, -0.25) is 4.79 Å². The fraction of sp³-hybridized carbons (Fsp3) is 0.107. The number of nitrogens with one attached hydrogen (secondary N) is 1. The van der Waals surface area contributed by atoms with Crippen molar-refractivity contribution in [3.8, 4) is 0 Å². The molecule has 0 aliphatic heterocycles. The number of halogens is 1. The van der Waals surface area contributed by atoms with Gasteiger partial charge in [0.2, 0.25) is 5.78 Å². The van der Waals surface area contributed by atoms with Gasteiger partial charge >= 0.3 is 5.97 Å². The molecule has 0 saturated heterocycles. The SMILES string of the molecule is Cc1nn(Cc2ccccc2)c(Cl)c1C(=O)O[C@H](C(=O)c1c[nH]c2ccccc12)c1ccccc1. The average Bonchev–Trinajstić information content (AvgIpc) is 3.43. The molecule has 0 unspecified atom stereocenters. The topological polar surface area (TPSA) is 77.0 Å². The standard InChI is InChI=1S/C28H22ClN3O3/c1-18-24(27(29)32(31-18)17-19-10-4-2-5-11-19)28(34)35-26(20-12-6-3-7-13-20)25(33)22-16-30-23-15-9-8-14-21(22)23/h2-16,26,30H,17H2,1H3/t26-/m0/s1. The number of esters is 1. The van der Waals surface area contributed by atoms with Gasteiger partial charge in [0.1, 0.15) is 10.7 Å². The van der Waals surface area contributed by atoms with Crippen molar-refractivity contribution in [1.82, 2.24) is 14.8 Å². The number of Topliss-reactive ketones (excluding diaryl/α,β-unsaturated/α-hetero) is 1. The highest BCUT2D eigenvalue weighted by Gasteiger charge is 2.31. The van der Waals surface area contributed by atoms with Crippen molar-refractivity contribution >= 4 is 34.3 Å². The van der Waals surface area contributed by atoms with E-state index in [1.54, 1.807) is 42.1 Å². The second-order valence-corrected chi connectivity index (χ2v) is 8.56. The molecule has 0 aliphatic carbocycles. The number of para-hydroxylation sites is 1. The van der Waals surface area contributed by atoms with Crippen LogP contribution in [0.3, 0.4) is 0 Å². The molecule has 0 bridgehead atoms. The van der Waals surface area contributed by atoms with Crippen LogP contribution in [-0.2, 0) is 11.3 Å². The van der Waals surface area contributed by atoms with Crippen LogP contribution < -0.4 is 0 Å². The van der Waals surface area contributed by atoms with Crippen molar-refractivity contribution < 1.29 is 14.3 Å². The summed E-state index contributed by atoms with van der Waals surface area (Å²) in [5.74, 6) is -1.03. The fourth-order valence-corrected chi connectivity index (χ4v) is 4.44. The molecule has 5 aromatic rings. The molecule has 6 nitrogen and oxygen atoms in total. The largest absolute Gasteiger partial charge is 0.445 e. The molecule has 1 atom stereocenters. The molecule has 174 valence electrons. The molecule has 0 spiro atoms. The predicted molar refractivity (Wildman–Crippen MR) is 135 cm³/mol. The zero-order valence-electron chi connectivity index (χ0n) is 18.9. The van der Waals surface area contributed by atoms with E-state index in [0.29, 0.717) is 23.4 Å². The first-order chi connectivity index (χ1) is 17.0. The Hall–Kier alpha value is -4.16. The Kier molecular flexibility index (Phi) is 6.21. The van der Waals surface area contributed by atoms with Gasteiger partial charge in [0.05, 0.1) is 12.2 Å². The summed E-state index contributed by atoms with van der Waals surface area (Å²) in [6.07, 6.45) is 0.503. The minimum absolute atomic E-state index is 0.148. The van der Waals surface area contributed by atoms with Gasteiger partial charge in [-0.05, 0) is 18.6 Å². The highest BCUT2D eigenvalue weighted by atomic mass is 35.5. The Bertz CT molecular complexity index is 1510. The lowest BCUT2D eigenvalue weighted by molar-refractivity contribution is 0.0280. The maximum absolute atomic E-state index is 13.7. The normalized spacial score (nSPS) is 11.9. The number of ether oxygens (including phenoxy) is 1. The fourth-order valence-electron chi connectivity index (χ4n) is 4.13. The maximum Gasteiger partial charge on any atom is 0.344 e. The molecule has 0 amide bonds. The number of hydrogen-bond acceptors (Lipinski definition) is 4. The van der Waals surface area contributed by atoms with Crippen LogP contribution in [0.2, 0.25) is 5.15 Å². The summed E-state index contributed by atoms with van der Waals surface area (Å²) in [5.41, 5.74) is 3.42. The average molecular weight is 484 g/mol. The van der Waals surface area contributed by atoms with Crippen LogP contribution in [0.4, 0.5) is 0 Å². The number of rotatable bonds is 7. The Morgan fingerprint density at radius 2 is 1.63 bits per heavy atom. The minimum Gasteiger partial charge on any atom is -0.445 e. The van der Waals surface area contributed by atoms with E-state index in [0.717, 1.165) is 16.5 Å². The van der Waals surface area contributed by atoms with Crippen molar-refractivity contribution in [3.63, 3.8) is 0 Å². The van der Waals surface area contributed by atoms with Gasteiger partial charge in [0.15, 0.2) is 6.10 Å². The Morgan fingerprint density at radius 1 is 0.971 bits per heavy atom. The molecule has 0 fully saturated rings. The van der Waals surface area contributed by atoms with Crippen molar-refractivity contribution in [2.24, 2.45) is 0 Å². The lowest BCUT2D eigenvalue weighted by Crippen LogP contribution is -2.20. The molecule has 2 heterocycles. The number of carbonyl (C=O) groups excluding carboxylic acids is 2. The zero-order valence-corrected chi connectivity index (χ0v) is 19.7. The summed E-state index contributed by atoms with van der Waals surface area (Å²) < 4.78 is 7.40. The van der Waals surface area contributed by atoms with Crippen LogP contribution in [0.1, 0.15) is 43.6 Å². The van der Waals surface area contributed by atoms with Crippen molar-refractivity contribution in [2.75, 3.05) is 0 Å². The molecule has 7 heteroatoms. The monoisotopic (exact) mass is 483 g/mol. The Labute approximate surface area is 207 Å². The zero-order chi connectivity index (χ0) is 24.4. The quantitative estimate of drug-likeness (QED) is 0.222. The number of benzene rings is 3. The van der Waals surface area contributed by atoms with Gasteiger partial charge in [0.25, 0.3) is 0 Å². The van der Waals surface area contributed by atoms with Gasteiger partial charge in [-0.2, -0.15) is 5.10 Å². The number of H-pyrrole nitrogens is 1. The maximum atomic E-state index is 13.7. The number of nitrogens with zero attached hydrogens (tertiary/aromatic N) is 2. The molecule has 5 rings (SSSR count). The van der Waals surface area contributed by atoms with E-state index in [9.17, 15) is 9.59 Å². The Balaban J connectivity index is 1.48. The van der Waals surface area contributed by atoms with E-state index in [-0.39, 0.29) is 16.5 Å². The molecular formula is C28H22ClN3O3. The number of ketones is 1. The van der Waals surface area contributed by atoms with E-state index in [1.165, 1.54) is 0 Å². The molecule has 0 radical (unpaired) electrons. The summed E-state index contributed by atoms with van der Waals surface area (Å²) in [6, 6.07) is 26.2. The predicted octanol–water partition coefficient (Wildman–Crippen LogP) is 6.16. The number of carbonyl (C=O) groups is 2. The molecular weight excluding hydrogens is 462 g/mol. The number of hydrogen-bond donors (Lipinski definition) is 1. The second-order valence-electron chi connectivity index (χ2n) is 8.20. The molecule has 0 saturated carbocycles. The molecule has 0 aliphatic rings. The summed E-state index contributed by atoms with van der Waals surface area (Å²) in [7, 11) is 0. The number of aromatic nitrogens is 3. The van der Waals surface area contributed by atoms with Gasteiger partial charge in [-0.15, -0.1) is 0 Å². The lowest BCUT2D eigenvalue weighted by Gasteiger charge is -2.17. The van der Waals surface area contributed by atoms with Crippen LogP contribution in [0.25, 0.3) is 10.9 Å². The number of aryl methyl sites for hydroxylation is 1. The third kappa shape index (κ3) is 4.48. The first-order valence-electron chi connectivity index (χ1n) is 11.2. The summed E-state index contributed by atoms with van der Waals surface area (Å²) in [4.78, 5) is 30.1. The van der Waals surface area contributed by atoms with Gasteiger partial charge < -0.3 is 9.72 Å². The summed E-state index contributed by atoms with van der Waals surface area (Å²) >= 11 is 6.57. The first-order valence-corrected chi connectivity index (χ1v) is 11.5. The van der Waals surface area contributed by atoms with Crippen LogP contribution in [-0.4, -0.2) is 26.5 Å². The molecule has 35 heavy (non-hydrogen) atoms. The van der Waals surface area contributed by atoms with Crippen molar-refractivity contribution in [2.45, 2.75) is 19.6 Å². The van der Waals surface area contributed by atoms with E-state index in [1.807, 2.05) is 60.7 Å². The van der Waals surface area contributed by atoms with E-state index >= 15 is 0 Å². The number of aromatic amines is 1. The van der Waals surface area contributed by atoms with Crippen LogP contribution >= 0.6 is 11.6 Å². The van der Waals surface area contributed by atoms with Crippen LogP contribution in [0.15, 0.2) is 91.1 Å². The van der Waals surface area contributed by atoms with Crippen molar-refractivity contribution in [1.29, 1.82) is 0 Å². The third-order valence-electron chi connectivity index (χ3n) is 5.86. The van der Waals surface area contributed by atoms with E-state index in [4.69, 9.17) is 16.3 Å². The third-order valence-corrected chi connectivity index (χ3v) is 6.25. The highest BCUT2D eigenvalue weighted by Crippen LogP contribution is 2.30. The summed E-state index contributed by atoms with van der Waals surface area (Å²) in [6.45, 7) is 2.10. The van der Waals surface area contributed by atoms with Gasteiger partial charge in [-0.25, -0.2) is 9.48 Å². The van der Waals surface area contributed by atoms with E-state index < -0.39 is 12.1 Å². The summed E-state index contributed by atoms with van der Waals surface area (Å²) in [5, 5.41) is 5.37. The van der Waals surface area contributed by atoms with Gasteiger partial charge in [0, 0.05) is 28.2 Å². The van der Waals surface area contributed by atoms with E-state index in [2.05, 4.69) is 10.1 Å². The Morgan fingerprint density at radius 3 is 2.37 bits per heavy atom. The van der Waals surface area contributed by atoms with Crippen molar-refractivity contribution in [3.05, 3.63) is 124 Å². The molecule has 2 aromatic heterocycles.